The van der Waals surface area contributed by atoms with Crippen LogP contribution in [-0.4, -0.2) is 33.7 Å². The molecular formula is C21H22BrN3O2S. The summed E-state index contributed by atoms with van der Waals surface area (Å²) in [6.45, 7) is 4.70. The van der Waals surface area contributed by atoms with Crippen molar-refractivity contribution in [2.45, 2.75) is 25.5 Å². The van der Waals surface area contributed by atoms with Crippen molar-refractivity contribution in [2.24, 2.45) is 10.9 Å². The van der Waals surface area contributed by atoms with Gasteiger partial charge in [-0.05, 0) is 46.1 Å². The van der Waals surface area contributed by atoms with E-state index in [-0.39, 0.29) is 18.2 Å². The lowest BCUT2D eigenvalue weighted by molar-refractivity contribution is -0.128. The Bertz CT molecular complexity index is 886. The molecule has 0 bridgehead atoms. The molecule has 5 nitrogen and oxygen atoms in total. The average Bonchev–Trinajstić information content (AvgIpc) is 2.93. The van der Waals surface area contributed by atoms with Gasteiger partial charge in [0.1, 0.15) is 5.25 Å². The first-order chi connectivity index (χ1) is 13.4. The molecule has 1 saturated heterocycles. The maximum atomic E-state index is 12.9. The van der Waals surface area contributed by atoms with Crippen LogP contribution >= 0.6 is 27.7 Å². The summed E-state index contributed by atoms with van der Waals surface area (Å²) >= 11 is 4.78. The average molecular weight is 460 g/mol. The number of nitrogens with one attached hydrogen (secondary N) is 1. The first kappa shape index (κ1) is 20.6. The summed E-state index contributed by atoms with van der Waals surface area (Å²) in [6.07, 6.45) is 0.104. The van der Waals surface area contributed by atoms with Gasteiger partial charge >= 0.3 is 0 Å². The molecule has 1 aliphatic heterocycles. The van der Waals surface area contributed by atoms with E-state index in [9.17, 15) is 9.59 Å². The lowest BCUT2D eigenvalue weighted by atomic mass is 10.2. The summed E-state index contributed by atoms with van der Waals surface area (Å²) in [5.74, 6) is 0.0530. The molecule has 0 spiro atoms. The van der Waals surface area contributed by atoms with Crippen LogP contribution in [0.25, 0.3) is 0 Å². The molecule has 0 unspecified atom stereocenters. The number of amidine groups is 1. The maximum Gasteiger partial charge on any atom is 0.242 e. The van der Waals surface area contributed by atoms with Crippen molar-refractivity contribution in [1.29, 1.82) is 0 Å². The summed E-state index contributed by atoms with van der Waals surface area (Å²) in [5, 5.41) is 3.06. The highest BCUT2D eigenvalue weighted by molar-refractivity contribution is 9.10. The van der Waals surface area contributed by atoms with E-state index in [0.717, 1.165) is 10.2 Å². The summed E-state index contributed by atoms with van der Waals surface area (Å²) in [4.78, 5) is 31.8. The highest BCUT2D eigenvalue weighted by Crippen LogP contribution is 2.32. The number of carbonyl (C=O) groups excluding carboxylic acids is 2. The topological polar surface area (TPSA) is 61.8 Å². The number of hydrogen-bond donors (Lipinski definition) is 1. The van der Waals surface area contributed by atoms with Gasteiger partial charge in [-0.25, -0.2) is 4.99 Å². The SMILES string of the molecule is CC(C)CN1C(=O)[C@@H](CC(=O)Nc2ccccc2Br)SC1=Nc1ccccc1. The van der Waals surface area contributed by atoms with Gasteiger partial charge in [-0.2, -0.15) is 0 Å². The molecular weight excluding hydrogens is 438 g/mol. The monoisotopic (exact) mass is 459 g/mol. The number of para-hydroxylation sites is 2. The molecule has 2 amide bonds. The number of thioether (sulfide) groups is 1. The number of halogens is 1. The van der Waals surface area contributed by atoms with Crippen LogP contribution in [0.1, 0.15) is 20.3 Å². The van der Waals surface area contributed by atoms with E-state index in [1.54, 1.807) is 4.90 Å². The molecule has 0 aliphatic carbocycles. The standard InChI is InChI=1S/C21H22BrN3O2S/c1-14(2)13-25-20(27)18(28-21(25)23-15-8-4-3-5-9-15)12-19(26)24-17-11-7-6-10-16(17)22/h3-11,14,18H,12-13H2,1-2H3,(H,24,26)/t18-/m1/s1. The summed E-state index contributed by atoms with van der Waals surface area (Å²) in [5.41, 5.74) is 1.49. The smallest absolute Gasteiger partial charge is 0.242 e. The zero-order chi connectivity index (χ0) is 20.1. The zero-order valence-electron chi connectivity index (χ0n) is 15.8. The third-order valence-electron chi connectivity index (χ3n) is 4.07. The van der Waals surface area contributed by atoms with Crippen molar-refractivity contribution in [1.82, 2.24) is 4.90 Å². The second kappa shape index (κ2) is 9.39. The molecule has 1 aliphatic rings. The van der Waals surface area contributed by atoms with Crippen LogP contribution in [-0.2, 0) is 9.59 Å². The molecule has 3 rings (SSSR count). The van der Waals surface area contributed by atoms with Crippen LogP contribution in [0.5, 0.6) is 0 Å². The van der Waals surface area contributed by atoms with Crippen molar-refractivity contribution in [3.8, 4) is 0 Å². The van der Waals surface area contributed by atoms with E-state index in [1.165, 1.54) is 11.8 Å². The summed E-state index contributed by atoms with van der Waals surface area (Å²) < 4.78 is 0.807. The lowest BCUT2D eigenvalue weighted by Crippen LogP contribution is -2.36. The Kier molecular flexibility index (Phi) is 6.91. The largest absolute Gasteiger partial charge is 0.325 e. The Morgan fingerprint density at radius 3 is 2.54 bits per heavy atom. The summed E-state index contributed by atoms with van der Waals surface area (Å²) in [6, 6.07) is 17.0. The minimum atomic E-state index is -0.469. The van der Waals surface area contributed by atoms with Gasteiger partial charge in [0.25, 0.3) is 0 Å². The molecule has 0 aromatic heterocycles. The molecule has 1 fully saturated rings. The zero-order valence-corrected chi connectivity index (χ0v) is 18.2. The summed E-state index contributed by atoms with van der Waals surface area (Å²) in [7, 11) is 0. The molecule has 2 aromatic rings. The van der Waals surface area contributed by atoms with Crippen LogP contribution in [0.15, 0.2) is 64.1 Å². The van der Waals surface area contributed by atoms with Gasteiger partial charge < -0.3 is 5.32 Å². The molecule has 0 saturated carbocycles. The Morgan fingerprint density at radius 2 is 1.86 bits per heavy atom. The van der Waals surface area contributed by atoms with Crippen molar-refractivity contribution in [3.05, 3.63) is 59.1 Å². The number of amides is 2. The second-order valence-electron chi connectivity index (χ2n) is 6.91. The number of benzene rings is 2. The Morgan fingerprint density at radius 1 is 1.18 bits per heavy atom. The van der Waals surface area contributed by atoms with Crippen LogP contribution < -0.4 is 5.32 Å². The molecule has 2 aromatic carbocycles. The minimum absolute atomic E-state index is 0.0596. The number of hydrogen-bond acceptors (Lipinski definition) is 4. The van der Waals surface area contributed by atoms with E-state index >= 15 is 0 Å². The predicted molar refractivity (Wildman–Crippen MR) is 119 cm³/mol. The number of rotatable bonds is 6. The fraction of sp³-hybridized carbons (Fsp3) is 0.286. The molecule has 7 heteroatoms. The Hall–Kier alpha value is -2.12. The second-order valence-corrected chi connectivity index (χ2v) is 8.94. The molecule has 146 valence electrons. The molecule has 28 heavy (non-hydrogen) atoms. The van der Waals surface area contributed by atoms with Gasteiger partial charge in [-0.1, -0.05) is 55.9 Å². The third kappa shape index (κ3) is 5.23. The van der Waals surface area contributed by atoms with Crippen molar-refractivity contribution < 1.29 is 9.59 Å². The fourth-order valence-electron chi connectivity index (χ4n) is 2.80. The highest BCUT2D eigenvalue weighted by Gasteiger charge is 2.39. The Labute approximate surface area is 177 Å². The predicted octanol–water partition coefficient (Wildman–Crippen LogP) is 5.07. The van der Waals surface area contributed by atoms with Crippen molar-refractivity contribution in [3.63, 3.8) is 0 Å². The van der Waals surface area contributed by atoms with Crippen molar-refractivity contribution in [2.75, 3.05) is 11.9 Å². The fourth-order valence-corrected chi connectivity index (χ4v) is 4.35. The number of aliphatic imine (C=N–C) groups is 1. The van der Waals surface area contributed by atoms with Crippen LogP contribution in [0.3, 0.4) is 0 Å². The molecule has 1 N–H and O–H groups in total. The lowest BCUT2D eigenvalue weighted by Gasteiger charge is -2.18. The number of carbonyl (C=O) groups is 2. The Balaban J connectivity index is 1.74. The van der Waals surface area contributed by atoms with E-state index in [2.05, 4.69) is 40.1 Å². The normalized spacial score (nSPS) is 18.1. The highest BCUT2D eigenvalue weighted by atomic mass is 79.9. The molecule has 0 radical (unpaired) electrons. The maximum absolute atomic E-state index is 12.9. The van der Waals surface area contributed by atoms with Gasteiger partial charge in [0.2, 0.25) is 11.8 Å². The van der Waals surface area contributed by atoms with Crippen molar-refractivity contribution >= 4 is 56.0 Å². The van der Waals surface area contributed by atoms with Gasteiger partial charge in [-0.15, -0.1) is 0 Å². The van der Waals surface area contributed by atoms with Crippen LogP contribution in [0, 0.1) is 5.92 Å². The molecule has 1 atom stereocenters. The number of nitrogens with zero attached hydrogens (tertiary/aromatic N) is 2. The van der Waals surface area contributed by atoms with Gasteiger partial charge in [0.05, 0.1) is 11.4 Å². The van der Waals surface area contributed by atoms with Gasteiger partial charge in [-0.3, -0.25) is 14.5 Å². The molecule has 1 heterocycles. The van der Waals surface area contributed by atoms with Gasteiger partial charge in [0, 0.05) is 17.4 Å². The van der Waals surface area contributed by atoms with E-state index in [1.807, 2.05) is 54.6 Å². The first-order valence-electron chi connectivity index (χ1n) is 9.10. The van der Waals surface area contributed by atoms with E-state index in [4.69, 9.17) is 0 Å². The van der Waals surface area contributed by atoms with E-state index < -0.39 is 5.25 Å². The third-order valence-corrected chi connectivity index (χ3v) is 5.93. The quantitative estimate of drug-likeness (QED) is 0.655. The van der Waals surface area contributed by atoms with E-state index in [0.29, 0.717) is 23.3 Å². The first-order valence-corrected chi connectivity index (χ1v) is 10.8. The minimum Gasteiger partial charge on any atom is -0.325 e. The van der Waals surface area contributed by atoms with Crippen LogP contribution in [0.4, 0.5) is 11.4 Å². The van der Waals surface area contributed by atoms with Gasteiger partial charge in [0.15, 0.2) is 5.17 Å². The van der Waals surface area contributed by atoms with Crippen LogP contribution in [0.2, 0.25) is 0 Å². The number of anilines is 1.